The second-order valence-corrected chi connectivity index (χ2v) is 6.56. The maximum Gasteiger partial charge on any atom is 0.224 e. The van der Waals surface area contributed by atoms with Gasteiger partial charge in [0.25, 0.3) is 0 Å². The third-order valence-electron chi connectivity index (χ3n) is 4.66. The fourth-order valence-corrected chi connectivity index (χ4v) is 3.36. The van der Waals surface area contributed by atoms with E-state index in [0.717, 1.165) is 31.6 Å². The Hall–Kier alpha value is -1.51. The lowest BCUT2D eigenvalue weighted by Crippen LogP contribution is -2.43. The molecule has 1 aromatic rings. The van der Waals surface area contributed by atoms with E-state index >= 15 is 0 Å². The van der Waals surface area contributed by atoms with Gasteiger partial charge < -0.3 is 10.2 Å². The lowest BCUT2D eigenvalue weighted by Gasteiger charge is -2.35. The summed E-state index contributed by atoms with van der Waals surface area (Å²) in [6.45, 7) is 8.25. The normalized spacial score (nSPS) is 18.5. The van der Waals surface area contributed by atoms with Crippen LogP contribution in [0.2, 0.25) is 0 Å². The Morgan fingerprint density at radius 2 is 2.09 bits per heavy atom. The molecule has 1 unspecified atom stereocenters. The summed E-state index contributed by atoms with van der Waals surface area (Å²) in [5.74, 6) is 0.798. The summed E-state index contributed by atoms with van der Waals surface area (Å²) >= 11 is 0. The summed E-state index contributed by atoms with van der Waals surface area (Å²) in [6.07, 6.45) is 5.26. The van der Waals surface area contributed by atoms with E-state index < -0.39 is 0 Å². The van der Waals surface area contributed by atoms with E-state index in [2.05, 4.69) is 49.2 Å². The molecule has 0 radical (unpaired) electrons. The quantitative estimate of drug-likeness (QED) is 0.844. The molecule has 3 nitrogen and oxygen atoms in total. The number of piperidine rings is 1. The lowest BCUT2D eigenvalue weighted by molar-refractivity contribution is -0.134. The molecule has 1 fully saturated rings. The van der Waals surface area contributed by atoms with Crippen molar-refractivity contribution in [1.82, 2.24) is 4.90 Å². The van der Waals surface area contributed by atoms with Crippen LogP contribution in [0.3, 0.4) is 0 Å². The predicted octanol–water partition coefficient (Wildman–Crippen LogP) is 4.40. The molecule has 1 aromatic carbocycles. The number of carbonyl (C=O) groups is 1. The van der Waals surface area contributed by atoms with Crippen LogP contribution in [-0.4, -0.2) is 29.9 Å². The van der Waals surface area contributed by atoms with Crippen molar-refractivity contribution in [2.45, 2.75) is 64.8 Å². The van der Waals surface area contributed by atoms with Gasteiger partial charge in [-0.25, -0.2) is 0 Å². The number of likely N-dealkylation sites (tertiary alicyclic amines) is 1. The standard InChI is InChI=1S/C19H30N2O/c1-4-16-9-7-8-14-21(16)19(22)12-13-20-18-11-6-5-10-17(18)15(2)3/h5-6,10-11,15-16,20H,4,7-9,12-14H2,1-3H3. The Kier molecular flexibility index (Phi) is 6.29. The van der Waals surface area contributed by atoms with Crippen molar-refractivity contribution < 1.29 is 4.79 Å². The zero-order chi connectivity index (χ0) is 15.9. The molecule has 0 aliphatic carbocycles. The Labute approximate surface area is 135 Å². The molecule has 122 valence electrons. The van der Waals surface area contributed by atoms with Gasteiger partial charge >= 0.3 is 0 Å². The van der Waals surface area contributed by atoms with Gasteiger partial charge in [0.1, 0.15) is 0 Å². The van der Waals surface area contributed by atoms with Crippen LogP contribution in [0.15, 0.2) is 24.3 Å². The Balaban J connectivity index is 1.87. The molecule has 1 saturated heterocycles. The van der Waals surface area contributed by atoms with Gasteiger partial charge in [-0.1, -0.05) is 39.0 Å². The molecule has 0 bridgehead atoms. The minimum Gasteiger partial charge on any atom is -0.384 e. The molecule has 2 rings (SSSR count). The highest BCUT2D eigenvalue weighted by molar-refractivity contribution is 5.77. The fourth-order valence-electron chi connectivity index (χ4n) is 3.36. The highest BCUT2D eigenvalue weighted by Gasteiger charge is 2.24. The summed E-state index contributed by atoms with van der Waals surface area (Å²) in [6, 6.07) is 8.85. The van der Waals surface area contributed by atoms with Crippen molar-refractivity contribution in [3.63, 3.8) is 0 Å². The molecule has 0 aromatic heterocycles. The first kappa shape index (κ1) is 16.9. The number of anilines is 1. The van der Waals surface area contributed by atoms with Crippen LogP contribution < -0.4 is 5.32 Å². The number of carbonyl (C=O) groups excluding carboxylic acids is 1. The highest BCUT2D eigenvalue weighted by atomic mass is 16.2. The van der Waals surface area contributed by atoms with Crippen molar-refractivity contribution in [3.8, 4) is 0 Å². The monoisotopic (exact) mass is 302 g/mol. The molecule has 3 heteroatoms. The van der Waals surface area contributed by atoms with Gasteiger partial charge in [-0.05, 0) is 43.2 Å². The second kappa shape index (κ2) is 8.21. The van der Waals surface area contributed by atoms with E-state index in [-0.39, 0.29) is 0 Å². The van der Waals surface area contributed by atoms with Crippen molar-refractivity contribution in [2.24, 2.45) is 0 Å². The zero-order valence-electron chi connectivity index (χ0n) is 14.3. The first-order valence-electron chi connectivity index (χ1n) is 8.75. The molecule has 0 saturated carbocycles. The largest absolute Gasteiger partial charge is 0.384 e. The van der Waals surface area contributed by atoms with Gasteiger partial charge in [-0.15, -0.1) is 0 Å². The molecule has 1 amide bonds. The first-order valence-corrected chi connectivity index (χ1v) is 8.75. The predicted molar refractivity (Wildman–Crippen MR) is 93.3 cm³/mol. The van der Waals surface area contributed by atoms with Gasteiger partial charge in [-0.3, -0.25) is 4.79 Å². The molecule has 22 heavy (non-hydrogen) atoms. The zero-order valence-corrected chi connectivity index (χ0v) is 14.3. The average molecular weight is 302 g/mol. The molecule has 1 aliphatic heterocycles. The first-order chi connectivity index (χ1) is 10.6. The number of nitrogens with one attached hydrogen (secondary N) is 1. The van der Waals surface area contributed by atoms with Crippen LogP contribution in [0.1, 0.15) is 64.4 Å². The van der Waals surface area contributed by atoms with Gasteiger partial charge in [0.15, 0.2) is 0 Å². The molecule has 1 N–H and O–H groups in total. The minimum absolute atomic E-state index is 0.307. The number of hydrogen-bond donors (Lipinski definition) is 1. The maximum absolute atomic E-state index is 12.5. The number of para-hydroxylation sites is 1. The molecule has 1 atom stereocenters. The van der Waals surface area contributed by atoms with Crippen LogP contribution in [0.5, 0.6) is 0 Å². The summed E-state index contributed by atoms with van der Waals surface area (Å²) in [4.78, 5) is 14.6. The maximum atomic E-state index is 12.5. The van der Waals surface area contributed by atoms with Gasteiger partial charge in [0.05, 0.1) is 0 Å². The average Bonchev–Trinajstić information content (AvgIpc) is 2.55. The summed E-state index contributed by atoms with van der Waals surface area (Å²) in [5.41, 5.74) is 2.48. The van der Waals surface area contributed by atoms with Crippen LogP contribution in [-0.2, 0) is 4.79 Å². The van der Waals surface area contributed by atoms with E-state index in [0.29, 0.717) is 24.3 Å². The van der Waals surface area contributed by atoms with Gasteiger partial charge in [0, 0.05) is 31.2 Å². The van der Waals surface area contributed by atoms with E-state index in [9.17, 15) is 4.79 Å². The van der Waals surface area contributed by atoms with Crippen LogP contribution in [0.25, 0.3) is 0 Å². The van der Waals surface area contributed by atoms with Gasteiger partial charge in [0.2, 0.25) is 5.91 Å². The number of amides is 1. The topological polar surface area (TPSA) is 32.3 Å². The molecule has 0 spiro atoms. The van der Waals surface area contributed by atoms with E-state index in [1.54, 1.807) is 0 Å². The van der Waals surface area contributed by atoms with Gasteiger partial charge in [-0.2, -0.15) is 0 Å². The van der Waals surface area contributed by atoms with E-state index in [4.69, 9.17) is 0 Å². The number of hydrogen-bond acceptors (Lipinski definition) is 2. The van der Waals surface area contributed by atoms with Crippen LogP contribution in [0.4, 0.5) is 5.69 Å². The van der Waals surface area contributed by atoms with E-state index in [1.165, 1.54) is 18.4 Å². The third-order valence-corrected chi connectivity index (χ3v) is 4.66. The van der Waals surface area contributed by atoms with Crippen LogP contribution in [0, 0.1) is 0 Å². The molecule has 1 heterocycles. The number of rotatable bonds is 6. The molecular weight excluding hydrogens is 272 g/mol. The van der Waals surface area contributed by atoms with Crippen molar-refractivity contribution in [3.05, 3.63) is 29.8 Å². The Morgan fingerprint density at radius 3 is 2.82 bits per heavy atom. The highest BCUT2D eigenvalue weighted by Crippen LogP contribution is 2.24. The van der Waals surface area contributed by atoms with Crippen molar-refractivity contribution in [2.75, 3.05) is 18.4 Å². The smallest absolute Gasteiger partial charge is 0.224 e. The SMILES string of the molecule is CCC1CCCCN1C(=O)CCNc1ccccc1C(C)C. The summed E-state index contributed by atoms with van der Waals surface area (Å²) < 4.78 is 0. The van der Waals surface area contributed by atoms with Crippen molar-refractivity contribution >= 4 is 11.6 Å². The Bertz CT molecular complexity index is 484. The summed E-state index contributed by atoms with van der Waals surface area (Å²) in [7, 11) is 0. The lowest BCUT2D eigenvalue weighted by atomic mass is 9.99. The Morgan fingerprint density at radius 1 is 1.32 bits per heavy atom. The number of nitrogens with zero attached hydrogens (tertiary/aromatic N) is 1. The summed E-state index contributed by atoms with van der Waals surface area (Å²) in [5, 5.41) is 3.45. The molecule has 1 aliphatic rings. The minimum atomic E-state index is 0.307. The van der Waals surface area contributed by atoms with E-state index in [1.807, 2.05) is 6.07 Å². The molecular formula is C19H30N2O. The van der Waals surface area contributed by atoms with Crippen molar-refractivity contribution in [1.29, 1.82) is 0 Å². The number of benzene rings is 1. The fraction of sp³-hybridized carbons (Fsp3) is 0.632. The van der Waals surface area contributed by atoms with Crippen LogP contribution >= 0.6 is 0 Å². The third kappa shape index (κ3) is 4.25. The second-order valence-electron chi connectivity index (χ2n) is 6.56.